The third-order valence-electron chi connectivity index (χ3n) is 3.94. The number of rotatable bonds is 7. The number of halogens is 1. The van der Waals surface area contributed by atoms with E-state index in [1.807, 2.05) is 24.3 Å². The predicted octanol–water partition coefficient (Wildman–Crippen LogP) is 5.05. The largest absolute Gasteiger partial charge is 0.481 e. The van der Waals surface area contributed by atoms with E-state index in [0.29, 0.717) is 11.4 Å². The number of hydrogen-bond donors (Lipinski definition) is 1. The molecule has 1 amide bonds. The van der Waals surface area contributed by atoms with Gasteiger partial charge in [-0.3, -0.25) is 4.79 Å². The number of anilines is 1. The van der Waals surface area contributed by atoms with Crippen molar-refractivity contribution in [1.29, 1.82) is 0 Å². The molecule has 0 bridgehead atoms. The second kappa shape index (κ2) is 9.42. The second-order valence-corrected chi connectivity index (χ2v) is 6.76. The maximum atomic E-state index is 12.5. The molecule has 0 saturated heterocycles. The third kappa shape index (κ3) is 5.47. The number of para-hydroxylation sites is 1. The van der Waals surface area contributed by atoms with Gasteiger partial charge in [0.05, 0.1) is 17.2 Å². The van der Waals surface area contributed by atoms with Gasteiger partial charge in [-0.2, -0.15) is 0 Å². The maximum absolute atomic E-state index is 12.5. The second-order valence-electron chi connectivity index (χ2n) is 6.36. The van der Waals surface area contributed by atoms with Crippen LogP contribution in [0.3, 0.4) is 0 Å². The Bertz CT molecular complexity index is 820. The molecule has 27 heavy (non-hydrogen) atoms. The standard InChI is InChI=1S/C21H24ClNO4/c1-5-26-21(25)17-12-15(10-11-18(17)22)23-20(24)14(4)27-19-9-7-6-8-16(19)13(2)3/h6-14H,5H2,1-4H3,(H,23,24)/t14-/m0/s1. The van der Waals surface area contributed by atoms with Crippen LogP contribution in [0.4, 0.5) is 5.69 Å². The fourth-order valence-electron chi connectivity index (χ4n) is 2.52. The fourth-order valence-corrected chi connectivity index (χ4v) is 2.72. The molecular formula is C21H24ClNO4. The number of carbonyl (C=O) groups is 2. The summed E-state index contributed by atoms with van der Waals surface area (Å²) in [4.78, 5) is 24.4. The van der Waals surface area contributed by atoms with Gasteiger partial charge in [0.25, 0.3) is 5.91 Å². The van der Waals surface area contributed by atoms with Gasteiger partial charge in [-0.25, -0.2) is 4.79 Å². The van der Waals surface area contributed by atoms with Crippen LogP contribution in [0.1, 0.15) is 49.5 Å². The Morgan fingerprint density at radius 2 is 1.81 bits per heavy atom. The Morgan fingerprint density at radius 1 is 1.11 bits per heavy atom. The summed E-state index contributed by atoms with van der Waals surface area (Å²) in [6.07, 6.45) is -0.716. The predicted molar refractivity (Wildman–Crippen MR) is 107 cm³/mol. The summed E-state index contributed by atoms with van der Waals surface area (Å²) >= 11 is 6.04. The first-order valence-corrected chi connectivity index (χ1v) is 9.24. The van der Waals surface area contributed by atoms with Crippen molar-refractivity contribution < 1.29 is 19.1 Å². The van der Waals surface area contributed by atoms with E-state index in [9.17, 15) is 9.59 Å². The number of ether oxygens (including phenoxy) is 2. The lowest BCUT2D eigenvalue weighted by molar-refractivity contribution is -0.122. The van der Waals surface area contributed by atoms with E-state index in [-0.39, 0.29) is 29.0 Å². The summed E-state index contributed by atoms with van der Waals surface area (Å²) in [5.74, 6) is 0.0952. The van der Waals surface area contributed by atoms with E-state index in [2.05, 4.69) is 19.2 Å². The molecule has 5 nitrogen and oxygen atoms in total. The van der Waals surface area contributed by atoms with Crippen LogP contribution in [0, 0.1) is 0 Å². The normalized spacial score (nSPS) is 11.8. The number of carbonyl (C=O) groups excluding carboxylic acids is 2. The molecule has 0 heterocycles. The molecule has 0 aromatic heterocycles. The van der Waals surface area contributed by atoms with Crippen molar-refractivity contribution in [2.75, 3.05) is 11.9 Å². The molecule has 0 unspecified atom stereocenters. The zero-order chi connectivity index (χ0) is 20.0. The Morgan fingerprint density at radius 3 is 2.48 bits per heavy atom. The van der Waals surface area contributed by atoms with E-state index in [1.54, 1.807) is 26.0 Å². The lowest BCUT2D eigenvalue weighted by atomic mass is 10.0. The van der Waals surface area contributed by atoms with Crippen LogP contribution >= 0.6 is 11.6 Å². The van der Waals surface area contributed by atoms with Crippen molar-refractivity contribution in [3.8, 4) is 5.75 Å². The zero-order valence-corrected chi connectivity index (χ0v) is 16.7. The molecule has 2 aromatic carbocycles. The van der Waals surface area contributed by atoms with E-state index >= 15 is 0 Å². The van der Waals surface area contributed by atoms with Crippen LogP contribution in [-0.4, -0.2) is 24.6 Å². The molecule has 1 N–H and O–H groups in total. The topological polar surface area (TPSA) is 64.6 Å². The molecular weight excluding hydrogens is 366 g/mol. The van der Waals surface area contributed by atoms with Crippen molar-refractivity contribution in [3.63, 3.8) is 0 Å². The van der Waals surface area contributed by atoms with E-state index in [0.717, 1.165) is 5.56 Å². The van der Waals surface area contributed by atoms with E-state index < -0.39 is 12.1 Å². The third-order valence-corrected chi connectivity index (χ3v) is 4.27. The lowest BCUT2D eigenvalue weighted by Crippen LogP contribution is -2.30. The number of nitrogens with one attached hydrogen (secondary N) is 1. The minimum atomic E-state index is -0.716. The van der Waals surface area contributed by atoms with Crippen molar-refractivity contribution in [1.82, 2.24) is 0 Å². The molecule has 6 heteroatoms. The first-order chi connectivity index (χ1) is 12.8. The van der Waals surface area contributed by atoms with Gasteiger partial charge in [-0.15, -0.1) is 0 Å². The van der Waals surface area contributed by atoms with Crippen LogP contribution in [0.2, 0.25) is 5.02 Å². The fraction of sp³-hybridized carbons (Fsp3) is 0.333. The Labute approximate surface area is 164 Å². The van der Waals surface area contributed by atoms with Gasteiger partial charge in [-0.05, 0) is 49.6 Å². The molecule has 0 aliphatic carbocycles. The number of esters is 1. The van der Waals surface area contributed by atoms with E-state index in [4.69, 9.17) is 21.1 Å². The Balaban J connectivity index is 2.11. The number of hydrogen-bond acceptors (Lipinski definition) is 4. The summed E-state index contributed by atoms with van der Waals surface area (Å²) in [6.45, 7) is 7.76. The molecule has 0 fully saturated rings. The first-order valence-electron chi connectivity index (χ1n) is 8.86. The van der Waals surface area contributed by atoms with Gasteiger partial charge < -0.3 is 14.8 Å². The molecule has 1 atom stereocenters. The first kappa shape index (κ1) is 20.8. The monoisotopic (exact) mass is 389 g/mol. The van der Waals surface area contributed by atoms with Crippen molar-refractivity contribution in [2.24, 2.45) is 0 Å². The minimum Gasteiger partial charge on any atom is -0.481 e. The highest BCUT2D eigenvalue weighted by Crippen LogP contribution is 2.27. The summed E-state index contributed by atoms with van der Waals surface area (Å²) in [6, 6.07) is 12.3. The van der Waals surface area contributed by atoms with Crippen LogP contribution in [-0.2, 0) is 9.53 Å². The van der Waals surface area contributed by atoms with Gasteiger partial charge in [0, 0.05) is 5.69 Å². The Kier molecular flexibility index (Phi) is 7.25. The molecule has 0 aliphatic rings. The summed E-state index contributed by atoms with van der Waals surface area (Å²) in [7, 11) is 0. The van der Waals surface area contributed by atoms with Crippen LogP contribution < -0.4 is 10.1 Å². The molecule has 0 saturated carbocycles. The quantitative estimate of drug-likeness (QED) is 0.673. The van der Waals surface area contributed by atoms with Gasteiger partial charge >= 0.3 is 5.97 Å². The molecule has 0 aliphatic heterocycles. The molecule has 2 aromatic rings. The van der Waals surface area contributed by atoms with E-state index in [1.165, 1.54) is 6.07 Å². The van der Waals surface area contributed by atoms with Crippen molar-refractivity contribution in [2.45, 2.75) is 39.7 Å². The zero-order valence-electron chi connectivity index (χ0n) is 15.9. The summed E-state index contributed by atoms with van der Waals surface area (Å²) in [5.41, 5.74) is 1.68. The van der Waals surface area contributed by atoms with Gasteiger partial charge in [0.1, 0.15) is 5.75 Å². The highest BCUT2D eigenvalue weighted by Gasteiger charge is 2.19. The average Bonchev–Trinajstić information content (AvgIpc) is 2.63. The average molecular weight is 390 g/mol. The van der Waals surface area contributed by atoms with Crippen molar-refractivity contribution in [3.05, 3.63) is 58.6 Å². The SMILES string of the molecule is CCOC(=O)c1cc(NC(=O)[C@H](C)Oc2ccccc2C(C)C)ccc1Cl. The molecule has 2 rings (SSSR count). The van der Waals surface area contributed by atoms with Gasteiger partial charge in [0.15, 0.2) is 6.10 Å². The molecule has 0 spiro atoms. The van der Waals surface area contributed by atoms with Crippen LogP contribution in [0.15, 0.2) is 42.5 Å². The maximum Gasteiger partial charge on any atom is 0.339 e. The minimum absolute atomic E-state index is 0.204. The summed E-state index contributed by atoms with van der Waals surface area (Å²) in [5, 5.41) is 3.01. The highest BCUT2D eigenvalue weighted by molar-refractivity contribution is 6.33. The van der Waals surface area contributed by atoms with Gasteiger partial charge in [0.2, 0.25) is 0 Å². The number of benzene rings is 2. The van der Waals surface area contributed by atoms with Crippen molar-refractivity contribution >= 4 is 29.2 Å². The van der Waals surface area contributed by atoms with Crippen LogP contribution in [0.5, 0.6) is 5.75 Å². The summed E-state index contributed by atoms with van der Waals surface area (Å²) < 4.78 is 10.8. The lowest BCUT2D eigenvalue weighted by Gasteiger charge is -2.19. The Hall–Kier alpha value is -2.53. The highest BCUT2D eigenvalue weighted by atomic mass is 35.5. The van der Waals surface area contributed by atoms with Gasteiger partial charge in [-0.1, -0.05) is 43.6 Å². The molecule has 0 radical (unpaired) electrons. The smallest absolute Gasteiger partial charge is 0.339 e. The number of amides is 1. The van der Waals surface area contributed by atoms with Crippen LogP contribution in [0.25, 0.3) is 0 Å². The molecule has 144 valence electrons.